The Hall–Kier alpha value is -0.990. The molecule has 0 amide bonds. The summed E-state index contributed by atoms with van der Waals surface area (Å²) >= 11 is 0. The number of hydrogen-bond donors (Lipinski definition) is 1. The van der Waals surface area contributed by atoms with Crippen molar-refractivity contribution in [2.45, 2.75) is 238 Å². The van der Waals surface area contributed by atoms with E-state index < -0.39 is 26.5 Å². The number of quaternary nitrogens is 1. The number of carbonyl (C=O) groups is 2. The summed E-state index contributed by atoms with van der Waals surface area (Å²) in [4.78, 5) is 35.4. The highest BCUT2D eigenvalue weighted by Crippen LogP contribution is 2.43. The van der Waals surface area contributed by atoms with Crippen molar-refractivity contribution in [2.75, 3.05) is 47.5 Å². The second-order valence-corrected chi connectivity index (χ2v) is 19.0. The van der Waals surface area contributed by atoms with Crippen LogP contribution in [0.3, 0.4) is 0 Å². The molecule has 0 saturated carbocycles. The molecule has 334 valence electrons. The molecule has 0 aromatic carbocycles. The Morgan fingerprint density at radius 1 is 0.482 bits per heavy atom. The van der Waals surface area contributed by atoms with Crippen LogP contribution in [0.15, 0.2) is 0 Å². The number of hydrogen-bond acceptors (Lipinski definition) is 7. The van der Waals surface area contributed by atoms with Gasteiger partial charge in [-0.1, -0.05) is 206 Å². The fraction of sp³-hybridized carbons (Fsp3) is 0.957. The molecule has 0 aliphatic heterocycles. The second-order valence-electron chi connectivity index (χ2n) is 17.5. The molecule has 56 heavy (non-hydrogen) atoms. The van der Waals surface area contributed by atoms with E-state index >= 15 is 0 Å². The van der Waals surface area contributed by atoms with Gasteiger partial charge >= 0.3 is 19.8 Å². The molecule has 0 heterocycles. The van der Waals surface area contributed by atoms with Crippen molar-refractivity contribution in [3.8, 4) is 0 Å². The summed E-state index contributed by atoms with van der Waals surface area (Å²) in [5.41, 5.74) is 0. The van der Waals surface area contributed by atoms with Gasteiger partial charge in [0, 0.05) is 12.8 Å². The van der Waals surface area contributed by atoms with Crippen molar-refractivity contribution in [1.82, 2.24) is 0 Å². The van der Waals surface area contributed by atoms with Gasteiger partial charge in [-0.2, -0.15) is 0 Å². The lowest BCUT2D eigenvalue weighted by atomic mass is 10.0. The van der Waals surface area contributed by atoms with Crippen LogP contribution in [-0.2, 0) is 32.7 Å². The fourth-order valence-corrected chi connectivity index (χ4v) is 7.64. The molecule has 0 rings (SSSR count). The van der Waals surface area contributed by atoms with E-state index in [0.717, 1.165) is 38.5 Å². The molecule has 0 fully saturated rings. The van der Waals surface area contributed by atoms with E-state index in [0.29, 0.717) is 17.4 Å². The Balaban J connectivity index is 4.22. The van der Waals surface area contributed by atoms with E-state index in [9.17, 15) is 19.0 Å². The minimum absolute atomic E-state index is 0.0369. The van der Waals surface area contributed by atoms with Crippen LogP contribution in [0.25, 0.3) is 0 Å². The van der Waals surface area contributed by atoms with Gasteiger partial charge in [0.15, 0.2) is 6.10 Å². The monoisotopic (exact) mass is 819 g/mol. The third kappa shape index (κ3) is 42.6. The average molecular weight is 819 g/mol. The molecular weight excluding hydrogens is 725 g/mol. The van der Waals surface area contributed by atoms with E-state index in [2.05, 4.69) is 13.8 Å². The van der Waals surface area contributed by atoms with Gasteiger partial charge in [0.25, 0.3) is 0 Å². The van der Waals surface area contributed by atoms with Crippen LogP contribution in [0.5, 0.6) is 0 Å². The highest BCUT2D eigenvalue weighted by molar-refractivity contribution is 7.47. The summed E-state index contributed by atoms with van der Waals surface area (Å²) in [5.74, 6) is -0.782. The molecule has 10 heteroatoms. The third-order valence-corrected chi connectivity index (χ3v) is 11.6. The van der Waals surface area contributed by atoms with Gasteiger partial charge in [0.2, 0.25) is 0 Å². The third-order valence-electron chi connectivity index (χ3n) is 10.6. The summed E-state index contributed by atoms with van der Waals surface area (Å²) in [7, 11) is 1.49. The Bertz CT molecular complexity index is 927. The van der Waals surface area contributed by atoms with Crippen LogP contribution in [0.2, 0.25) is 0 Å². The largest absolute Gasteiger partial charge is 0.472 e. The van der Waals surface area contributed by atoms with E-state index in [-0.39, 0.29) is 25.6 Å². The first-order valence-electron chi connectivity index (χ1n) is 23.8. The number of nitrogens with zero attached hydrogens (tertiary/aromatic N) is 1. The van der Waals surface area contributed by atoms with Crippen molar-refractivity contribution in [3.63, 3.8) is 0 Å². The summed E-state index contributed by atoms with van der Waals surface area (Å²) in [6.07, 6.45) is 40.1. The predicted octanol–water partition coefficient (Wildman–Crippen LogP) is 13.6. The first kappa shape index (κ1) is 55.0. The molecule has 0 aliphatic carbocycles. The lowest BCUT2D eigenvalue weighted by Crippen LogP contribution is -2.37. The number of phosphoric ester groups is 1. The minimum Gasteiger partial charge on any atom is -0.462 e. The standard InChI is InChI=1S/C46H92NO8P/c1-6-8-10-12-14-16-18-20-21-22-23-24-25-26-27-29-31-33-35-37-39-46(49)55-44(43-54-56(50,51)53-41-40-47(3,4)5)42-52-45(48)38-36-34-32-30-28-19-17-15-13-11-9-7-2/h44H,6-43H2,1-5H3/p+1. The maximum absolute atomic E-state index is 12.7. The normalized spacial score (nSPS) is 13.5. The van der Waals surface area contributed by atoms with Crippen LogP contribution in [0.1, 0.15) is 232 Å². The average Bonchev–Trinajstić information content (AvgIpc) is 3.15. The highest BCUT2D eigenvalue weighted by Gasteiger charge is 2.27. The van der Waals surface area contributed by atoms with Crippen molar-refractivity contribution in [3.05, 3.63) is 0 Å². The number of unbranched alkanes of at least 4 members (excludes halogenated alkanes) is 30. The van der Waals surface area contributed by atoms with Crippen LogP contribution in [0, 0.1) is 0 Å². The van der Waals surface area contributed by atoms with Gasteiger partial charge in [-0.25, -0.2) is 4.57 Å². The molecular formula is C46H93NO8P+. The molecule has 1 N–H and O–H groups in total. The molecule has 2 unspecified atom stereocenters. The van der Waals surface area contributed by atoms with Crippen molar-refractivity contribution in [1.29, 1.82) is 0 Å². The summed E-state index contributed by atoms with van der Waals surface area (Å²) in [5, 5.41) is 0. The van der Waals surface area contributed by atoms with Gasteiger partial charge in [-0.15, -0.1) is 0 Å². The molecule has 0 spiro atoms. The number of phosphoric acid groups is 1. The number of carbonyl (C=O) groups excluding carboxylic acids is 2. The Morgan fingerprint density at radius 3 is 1.14 bits per heavy atom. The van der Waals surface area contributed by atoms with E-state index in [1.165, 1.54) is 167 Å². The van der Waals surface area contributed by atoms with Gasteiger partial charge in [0.05, 0.1) is 27.7 Å². The number of ether oxygens (including phenoxy) is 2. The van der Waals surface area contributed by atoms with Gasteiger partial charge in [0.1, 0.15) is 19.8 Å². The topological polar surface area (TPSA) is 108 Å². The molecule has 0 bridgehead atoms. The Labute approximate surface area is 346 Å². The van der Waals surface area contributed by atoms with Crippen molar-refractivity contribution >= 4 is 19.8 Å². The summed E-state index contributed by atoms with van der Waals surface area (Å²) in [6.45, 7) is 4.46. The molecule has 0 aliphatic rings. The van der Waals surface area contributed by atoms with Crippen molar-refractivity contribution < 1.29 is 42.1 Å². The molecule has 0 aromatic heterocycles. The number of rotatable bonds is 44. The SMILES string of the molecule is CCCCCCCCCCCCCCCCCCCCCCC(=O)OC(COC(=O)CCCCCCCCCCCCCC)COP(=O)(O)OCC[N+](C)(C)C. The summed E-state index contributed by atoms with van der Waals surface area (Å²) < 4.78 is 34.4. The zero-order valence-electron chi connectivity index (χ0n) is 37.6. The molecule has 0 saturated heterocycles. The zero-order valence-corrected chi connectivity index (χ0v) is 38.5. The number of likely N-dealkylation sites (N-methyl/N-ethyl adjacent to an activating group) is 1. The van der Waals surface area contributed by atoms with E-state index in [1.807, 2.05) is 21.1 Å². The maximum Gasteiger partial charge on any atom is 0.472 e. The van der Waals surface area contributed by atoms with Gasteiger partial charge in [-0.05, 0) is 12.8 Å². The smallest absolute Gasteiger partial charge is 0.462 e. The van der Waals surface area contributed by atoms with E-state index in [4.69, 9.17) is 18.5 Å². The first-order chi connectivity index (χ1) is 27.0. The Morgan fingerprint density at radius 2 is 0.804 bits per heavy atom. The quantitative estimate of drug-likeness (QED) is 0.0280. The van der Waals surface area contributed by atoms with Gasteiger partial charge in [-0.3, -0.25) is 18.6 Å². The zero-order chi connectivity index (χ0) is 41.4. The fourth-order valence-electron chi connectivity index (χ4n) is 6.90. The van der Waals surface area contributed by atoms with E-state index in [1.54, 1.807) is 0 Å². The molecule has 9 nitrogen and oxygen atoms in total. The van der Waals surface area contributed by atoms with Gasteiger partial charge < -0.3 is 18.9 Å². The second kappa shape index (κ2) is 39.5. The number of esters is 2. The molecule has 0 aromatic rings. The Kier molecular flexibility index (Phi) is 38.8. The maximum atomic E-state index is 12.7. The minimum atomic E-state index is -4.37. The van der Waals surface area contributed by atoms with Crippen LogP contribution in [-0.4, -0.2) is 74.9 Å². The lowest BCUT2D eigenvalue weighted by Gasteiger charge is -2.24. The molecule has 0 radical (unpaired) electrons. The lowest BCUT2D eigenvalue weighted by molar-refractivity contribution is -0.870. The van der Waals surface area contributed by atoms with Crippen LogP contribution in [0.4, 0.5) is 0 Å². The first-order valence-corrected chi connectivity index (χ1v) is 25.3. The van der Waals surface area contributed by atoms with Crippen molar-refractivity contribution in [2.24, 2.45) is 0 Å². The molecule has 2 atom stereocenters. The van der Waals surface area contributed by atoms with Crippen LogP contribution < -0.4 is 0 Å². The predicted molar refractivity (Wildman–Crippen MR) is 234 cm³/mol. The summed E-state index contributed by atoms with van der Waals surface area (Å²) in [6, 6.07) is 0. The van der Waals surface area contributed by atoms with Crippen LogP contribution >= 0.6 is 7.82 Å². The highest BCUT2D eigenvalue weighted by atomic mass is 31.2.